The monoisotopic (exact) mass is 279 g/mol. The molecule has 0 aliphatic carbocycles. The first kappa shape index (κ1) is 13.8. The van der Waals surface area contributed by atoms with Gasteiger partial charge >= 0.3 is 0 Å². The Balaban J connectivity index is 2.31. The number of phenols is 1. The van der Waals surface area contributed by atoms with Gasteiger partial charge in [0.2, 0.25) is 0 Å². The number of hydrogen-bond acceptors (Lipinski definition) is 3. The van der Waals surface area contributed by atoms with Crippen LogP contribution in [0.5, 0.6) is 11.5 Å². The second kappa shape index (κ2) is 5.56. The Morgan fingerprint density at radius 1 is 1.20 bits per heavy atom. The number of ether oxygens (including phenoxy) is 1. The fraction of sp³-hybridized carbons (Fsp3) is 0.0714. The fourth-order valence-electron chi connectivity index (χ4n) is 1.66. The van der Waals surface area contributed by atoms with E-state index in [2.05, 4.69) is 5.32 Å². The lowest BCUT2D eigenvalue weighted by Gasteiger charge is -2.10. The van der Waals surface area contributed by atoms with E-state index >= 15 is 0 Å². The molecule has 0 aliphatic rings. The summed E-state index contributed by atoms with van der Waals surface area (Å²) in [6.07, 6.45) is 0. The standard InChI is InChI=1S/C14H11F2NO3/c1-20-11-7-2-4-8(13(11)18)14(19)17-10-6-3-5-9(15)12(10)16/h2-7,18H,1H3,(H,17,19). The smallest absolute Gasteiger partial charge is 0.259 e. The van der Waals surface area contributed by atoms with Crippen molar-refractivity contribution in [2.75, 3.05) is 12.4 Å². The van der Waals surface area contributed by atoms with Crippen molar-refractivity contribution in [1.29, 1.82) is 0 Å². The summed E-state index contributed by atoms with van der Waals surface area (Å²) in [6, 6.07) is 7.72. The van der Waals surface area contributed by atoms with Crippen LogP contribution in [-0.4, -0.2) is 18.1 Å². The second-order valence-electron chi connectivity index (χ2n) is 3.91. The zero-order chi connectivity index (χ0) is 14.7. The molecule has 0 saturated heterocycles. The number of methoxy groups -OCH3 is 1. The van der Waals surface area contributed by atoms with Crippen LogP contribution in [0.25, 0.3) is 0 Å². The molecule has 2 N–H and O–H groups in total. The van der Waals surface area contributed by atoms with Crippen LogP contribution < -0.4 is 10.1 Å². The van der Waals surface area contributed by atoms with Gasteiger partial charge in [-0.05, 0) is 24.3 Å². The average Bonchev–Trinajstić information content (AvgIpc) is 2.44. The second-order valence-corrected chi connectivity index (χ2v) is 3.91. The van der Waals surface area contributed by atoms with Crippen LogP contribution in [0.4, 0.5) is 14.5 Å². The minimum atomic E-state index is -1.16. The molecule has 0 spiro atoms. The van der Waals surface area contributed by atoms with Crippen molar-refractivity contribution < 1.29 is 23.4 Å². The molecule has 0 saturated carbocycles. The van der Waals surface area contributed by atoms with E-state index in [-0.39, 0.29) is 22.7 Å². The molecule has 2 aromatic carbocycles. The van der Waals surface area contributed by atoms with E-state index in [0.29, 0.717) is 0 Å². The summed E-state index contributed by atoms with van der Waals surface area (Å²) in [4.78, 5) is 12.0. The van der Waals surface area contributed by atoms with Crippen LogP contribution in [0.15, 0.2) is 36.4 Å². The molecule has 0 unspecified atom stereocenters. The molecule has 0 bridgehead atoms. The lowest BCUT2D eigenvalue weighted by molar-refractivity contribution is 0.102. The van der Waals surface area contributed by atoms with E-state index in [4.69, 9.17) is 4.74 Å². The first-order chi connectivity index (χ1) is 9.54. The van der Waals surface area contributed by atoms with Gasteiger partial charge in [-0.15, -0.1) is 0 Å². The molecule has 0 aromatic heterocycles. The van der Waals surface area contributed by atoms with Gasteiger partial charge in [-0.3, -0.25) is 4.79 Å². The minimum Gasteiger partial charge on any atom is -0.504 e. The highest BCUT2D eigenvalue weighted by Crippen LogP contribution is 2.30. The van der Waals surface area contributed by atoms with Gasteiger partial charge in [-0.2, -0.15) is 0 Å². The number of hydrogen-bond donors (Lipinski definition) is 2. The summed E-state index contributed by atoms with van der Waals surface area (Å²) < 4.78 is 31.3. The Labute approximate surface area is 113 Å². The molecule has 1 amide bonds. The molecule has 0 radical (unpaired) electrons. The van der Waals surface area contributed by atoms with Crippen LogP contribution in [0.1, 0.15) is 10.4 Å². The summed E-state index contributed by atoms with van der Waals surface area (Å²) in [7, 11) is 1.34. The number of carbonyl (C=O) groups excluding carboxylic acids is 1. The number of aromatic hydroxyl groups is 1. The Morgan fingerprint density at radius 2 is 1.90 bits per heavy atom. The summed E-state index contributed by atoms with van der Waals surface area (Å²) in [5, 5.41) is 12.0. The maximum atomic E-state index is 13.4. The topological polar surface area (TPSA) is 58.6 Å². The summed E-state index contributed by atoms with van der Waals surface area (Å²) in [6.45, 7) is 0. The van der Waals surface area contributed by atoms with E-state index < -0.39 is 17.5 Å². The molecule has 4 nitrogen and oxygen atoms in total. The molecule has 20 heavy (non-hydrogen) atoms. The third-order valence-corrected chi connectivity index (χ3v) is 2.66. The molecule has 104 valence electrons. The fourth-order valence-corrected chi connectivity index (χ4v) is 1.66. The first-order valence-corrected chi connectivity index (χ1v) is 5.66. The van der Waals surface area contributed by atoms with Crippen molar-refractivity contribution in [2.45, 2.75) is 0 Å². The zero-order valence-corrected chi connectivity index (χ0v) is 10.5. The number of carbonyl (C=O) groups is 1. The number of halogens is 2. The summed E-state index contributed by atoms with van der Waals surface area (Å²) in [5.41, 5.74) is -0.412. The van der Waals surface area contributed by atoms with Crippen molar-refractivity contribution in [3.8, 4) is 11.5 Å². The predicted molar refractivity (Wildman–Crippen MR) is 69.0 cm³/mol. The van der Waals surface area contributed by atoms with Gasteiger partial charge in [0.1, 0.15) is 0 Å². The van der Waals surface area contributed by atoms with Gasteiger partial charge in [0.05, 0.1) is 18.4 Å². The number of amides is 1. The van der Waals surface area contributed by atoms with Gasteiger partial charge in [0.25, 0.3) is 5.91 Å². The van der Waals surface area contributed by atoms with Crippen LogP contribution in [-0.2, 0) is 0 Å². The van der Waals surface area contributed by atoms with Crippen molar-refractivity contribution >= 4 is 11.6 Å². The minimum absolute atomic E-state index is 0.104. The van der Waals surface area contributed by atoms with Crippen LogP contribution >= 0.6 is 0 Å². The SMILES string of the molecule is COc1cccc(C(=O)Nc2cccc(F)c2F)c1O. The van der Waals surface area contributed by atoms with Crippen LogP contribution in [0.2, 0.25) is 0 Å². The first-order valence-electron chi connectivity index (χ1n) is 5.66. The molecule has 0 fully saturated rings. The number of rotatable bonds is 3. The Hall–Kier alpha value is -2.63. The number of benzene rings is 2. The highest BCUT2D eigenvalue weighted by molar-refractivity contribution is 6.06. The van der Waals surface area contributed by atoms with Crippen molar-refractivity contribution in [3.05, 3.63) is 53.6 Å². The maximum absolute atomic E-state index is 13.4. The lowest BCUT2D eigenvalue weighted by atomic mass is 10.1. The molecule has 2 rings (SSSR count). The average molecular weight is 279 g/mol. The third-order valence-electron chi connectivity index (χ3n) is 2.66. The van der Waals surface area contributed by atoms with Crippen molar-refractivity contribution in [2.24, 2.45) is 0 Å². The van der Waals surface area contributed by atoms with Crippen LogP contribution in [0, 0.1) is 11.6 Å². The summed E-state index contributed by atoms with van der Waals surface area (Å²) in [5.74, 6) is -3.27. The highest BCUT2D eigenvalue weighted by Gasteiger charge is 2.17. The Kier molecular flexibility index (Phi) is 3.84. The van der Waals surface area contributed by atoms with Gasteiger partial charge < -0.3 is 15.2 Å². The van der Waals surface area contributed by atoms with E-state index in [1.54, 1.807) is 0 Å². The molecule has 2 aromatic rings. The highest BCUT2D eigenvalue weighted by atomic mass is 19.2. The Bertz CT molecular complexity index is 659. The molecular weight excluding hydrogens is 268 g/mol. The van der Waals surface area contributed by atoms with E-state index in [1.165, 1.54) is 37.4 Å². The van der Waals surface area contributed by atoms with E-state index in [9.17, 15) is 18.7 Å². The molecular formula is C14H11F2NO3. The van der Waals surface area contributed by atoms with Gasteiger partial charge in [0, 0.05) is 0 Å². The number of para-hydroxylation sites is 1. The van der Waals surface area contributed by atoms with Crippen molar-refractivity contribution in [1.82, 2.24) is 0 Å². The Morgan fingerprint density at radius 3 is 2.60 bits per heavy atom. The molecule has 6 heteroatoms. The summed E-state index contributed by atoms with van der Waals surface area (Å²) >= 11 is 0. The van der Waals surface area contributed by atoms with Gasteiger partial charge in [0.15, 0.2) is 23.1 Å². The van der Waals surface area contributed by atoms with Crippen molar-refractivity contribution in [3.63, 3.8) is 0 Å². The lowest BCUT2D eigenvalue weighted by Crippen LogP contribution is -2.13. The molecule has 0 aliphatic heterocycles. The largest absolute Gasteiger partial charge is 0.504 e. The zero-order valence-electron chi connectivity index (χ0n) is 10.5. The molecule has 0 heterocycles. The number of nitrogens with one attached hydrogen (secondary N) is 1. The normalized spacial score (nSPS) is 10.2. The number of phenolic OH excluding ortho intramolecular Hbond substituents is 1. The maximum Gasteiger partial charge on any atom is 0.259 e. The third kappa shape index (κ3) is 2.54. The van der Waals surface area contributed by atoms with Gasteiger partial charge in [-0.25, -0.2) is 8.78 Å². The van der Waals surface area contributed by atoms with E-state index in [0.717, 1.165) is 6.07 Å². The van der Waals surface area contributed by atoms with Crippen LogP contribution in [0.3, 0.4) is 0 Å². The number of anilines is 1. The molecule has 0 atom stereocenters. The predicted octanol–water partition coefficient (Wildman–Crippen LogP) is 2.93. The van der Waals surface area contributed by atoms with E-state index in [1.807, 2.05) is 0 Å². The quantitative estimate of drug-likeness (QED) is 0.908. The van der Waals surface area contributed by atoms with Gasteiger partial charge in [-0.1, -0.05) is 12.1 Å².